The van der Waals surface area contributed by atoms with Gasteiger partial charge in [-0.1, -0.05) is 60.7 Å². The van der Waals surface area contributed by atoms with Gasteiger partial charge in [-0.2, -0.15) is 5.26 Å². The summed E-state index contributed by atoms with van der Waals surface area (Å²) in [4.78, 5) is 15.1. The minimum absolute atomic E-state index is 0.272. The molecule has 0 bridgehead atoms. The summed E-state index contributed by atoms with van der Waals surface area (Å²) < 4.78 is 3.13. The summed E-state index contributed by atoms with van der Waals surface area (Å²) in [5, 5.41) is 20.2. The number of rotatable bonds is 5. The Morgan fingerprint density at radius 1 is 0.789 bits per heavy atom. The number of carboxylic acids is 1. The van der Waals surface area contributed by atoms with E-state index >= 15 is 0 Å². The molecule has 0 radical (unpaired) electrons. The molecule has 0 saturated carbocycles. The van der Waals surface area contributed by atoms with Crippen LogP contribution >= 0.6 is 34.9 Å². The van der Waals surface area contributed by atoms with E-state index in [2.05, 4.69) is 65.2 Å². The molecule has 6 aromatic rings. The SMILES string of the molecule is N#C/C(=C/c1ccc(-c2ccc(-c3ccc(-n4c5ccccc5c(=S)c5ccccc54)cc3)s2)s1)C(=O)O. The molecular formula is C31H18N2O2S3. The normalized spacial score (nSPS) is 11.6. The molecular weight excluding hydrogens is 529 g/mol. The fourth-order valence-electron chi connectivity index (χ4n) is 4.52. The van der Waals surface area contributed by atoms with Gasteiger partial charge < -0.3 is 9.67 Å². The predicted octanol–water partition coefficient (Wildman–Crippen LogP) is 8.96. The Morgan fingerprint density at radius 3 is 2.00 bits per heavy atom. The van der Waals surface area contributed by atoms with Gasteiger partial charge in [-0.25, -0.2) is 4.79 Å². The number of fused-ring (bicyclic) bond motifs is 2. The van der Waals surface area contributed by atoms with E-state index in [1.54, 1.807) is 17.4 Å². The van der Waals surface area contributed by atoms with Crippen molar-refractivity contribution in [1.82, 2.24) is 4.57 Å². The quantitative estimate of drug-likeness (QED) is 0.101. The van der Waals surface area contributed by atoms with E-state index in [0.29, 0.717) is 0 Å². The standard InChI is InChI=1S/C31H18N2O2S3/c32-18-20(31(34)35)17-22-13-14-28(37-22)29-16-15-27(38-29)19-9-11-21(12-10-19)33-25-7-3-1-5-23(25)30(36)24-6-2-4-8-26(24)33/h1-17H,(H,34,35)/b20-17-. The van der Waals surface area contributed by atoms with E-state index < -0.39 is 5.97 Å². The number of nitrogens with zero attached hydrogens (tertiary/aromatic N) is 2. The number of carboxylic acid groups (broad SMARTS) is 1. The van der Waals surface area contributed by atoms with Crippen LogP contribution in [-0.4, -0.2) is 15.6 Å². The van der Waals surface area contributed by atoms with Crippen molar-refractivity contribution in [2.24, 2.45) is 0 Å². The van der Waals surface area contributed by atoms with Crippen LogP contribution < -0.4 is 0 Å². The van der Waals surface area contributed by atoms with Gasteiger partial charge in [-0.15, -0.1) is 22.7 Å². The first-order valence-corrected chi connectivity index (χ1v) is 13.8. The molecule has 3 aromatic heterocycles. The van der Waals surface area contributed by atoms with Crippen molar-refractivity contribution in [1.29, 1.82) is 5.26 Å². The van der Waals surface area contributed by atoms with Crippen LogP contribution in [0.5, 0.6) is 0 Å². The molecule has 0 spiro atoms. The van der Waals surface area contributed by atoms with Crippen molar-refractivity contribution in [2.75, 3.05) is 0 Å². The van der Waals surface area contributed by atoms with Gasteiger partial charge in [0.1, 0.15) is 11.6 Å². The van der Waals surface area contributed by atoms with Crippen LogP contribution in [0.25, 0.3) is 53.8 Å². The van der Waals surface area contributed by atoms with Crippen LogP contribution in [0.2, 0.25) is 0 Å². The summed E-state index contributed by atoms with van der Waals surface area (Å²) in [6.07, 6.45) is 1.41. The number of hydrogen-bond acceptors (Lipinski definition) is 5. The largest absolute Gasteiger partial charge is 0.477 e. The molecule has 0 atom stereocenters. The Bertz CT molecular complexity index is 1930. The van der Waals surface area contributed by atoms with Crippen molar-refractivity contribution < 1.29 is 9.90 Å². The summed E-state index contributed by atoms with van der Waals surface area (Å²) in [5.41, 5.74) is 4.06. The van der Waals surface area contributed by atoms with Crippen LogP contribution in [0.3, 0.4) is 0 Å². The lowest BCUT2D eigenvalue weighted by molar-refractivity contribution is -0.132. The molecule has 0 aliphatic heterocycles. The molecule has 0 amide bonds. The molecule has 0 saturated heterocycles. The van der Waals surface area contributed by atoms with E-state index in [4.69, 9.17) is 22.6 Å². The maximum absolute atomic E-state index is 11.1. The van der Waals surface area contributed by atoms with E-state index in [-0.39, 0.29) is 5.57 Å². The Labute approximate surface area is 231 Å². The highest BCUT2D eigenvalue weighted by Crippen LogP contribution is 2.38. The first-order valence-electron chi connectivity index (χ1n) is 11.7. The fraction of sp³-hybridized carbons (Fsp3) is 0. The number of aliphatic carboxylic acids is 1. The summed E-state index contributed by atoms with van der Waals surface area (Å²) in [6.45, 7) is 0. The zero-order chi connectivity index (χ0) is 26.2. The molecule has 1 N–H and O–H groups in total. The third kappa shape index (κ3) is 4.25. The number of benzene rings is 3. The van der Waals surface area contributed by atoms with Gasteiger partial charge in [0.05, 0.1) is 15.5 Å². The first-order chi connectivity index (χ1) is 18.5. The molecule has 182 valence electrons. The Morgan fingerprint density at radius 2 is 1.37 bits per heavy atom. The van der Waals surface area contributed by atoms with E-state index in [1.807, 2.05) is 36.4 Å². The van der Waals surface area contributed by atoms with Crippen molar-refractivity contribution >= 4 is 68.7 Å². The van der Waals surface area contributed by atoms with E-state index in [1.165, 1.54) is 17.4 Å². The van der Waals surface area contributed by atoms with Gasteiger partial charge in [0, 0.05) is 36.0 Å². The summed E-state index contributed by atoms with van der Waals surface area (Å²) in [5.74, 6) is -1.22. The summed E-state index contributed by atoms with van der Waals surface area (Å²) in [7, 11) is 0. The molecule has 3 heterocycles. The molecule has 0 aliphatic rings. The second-order valence-corrected chi connectivity index (χ2v) is 11.2. The third-order valence-electron chi connectivity index (χ3n) is 6.30. The topological polar surface area (TPSA) is 66.0 Å². The van der Waals surface area contributed by atoms with Crippen LogP contribution in [0.1, 0.15) is 4.88 Å². The highest BCUT2D eigenvalue weighted by atomic mass is 32.1. The molecule has 38 heavy (non-hydrogen) atoms. The van der Waals surface area contributed by atoms with Gasteiger partial charge in [0.25, 0.3) is 0 Å². The fourth-order valence-corrected chi connectivity index (χ4v) is 6.92. The van der Waals surface area contributed by atoms with Gasteiger partial charge in [0.15, 0.2) is 0 Å². The molecule has 4 nitrogen and oxygen atoms in total. The molecule has 6 rings (SSSR count). The number of thiophene rings is 2. The monoisotopic (exact) mass is 546 g/mol. The number of nitriles is 1. The van der Waals surface area contributed by atoms with Crippen molar-refractivity contribution in [3.05, 3.63) is 112 Å². The minimum atomic E-state index is -1.22. The van der Waals surface area contributed by atoms with Gasteiger partial charge in [-0.3, -0.25) is 0 Å². The Balaban J connectivity index is 1.36. The van der Waals surface area contributed by atoms with Crippen LogP contribution in [0.15, 0.2) is 103 Å². The van der Waals surface area contributed by atoms with Crippen molar-refractivity contribution in [2.45, 2.75) is 0 Å². The zero-order valence-electron chi connectivity index (χ0n) is 19.8. The number of para-hydroxylation sites is 2. The van der Waals surface area contributed by atoms with E-state index in [0.717, 1.165) is 57.1 Å². The van der Waals surface area contributed by atoms with Crippen LogP contribution in [0.4, 0.5) is 0 Å². The zero-order valence-corrected chi connectivity index (χ0v) is 22.2. The van der Waals surface area contributed by atoms with Crippen LogP contribution in [-0.2, 0) is 4.79 Å². The summed E-state index contributed by atoms with van der Waals surface area (Å²) >= 11 is 8.96. The van der Waals surface area contributed by atoms with Crippen molar-refractivity contribution in [3.8, 4) is 32.0 Å². The molecule has 7 heteroatoms. The molecule has 0 fully saturated rings. The van der Waals surface area contributed by atoms with Crippen LogP contribution in [0, 0.1) is 15.8 Å². The maximum atomic E-state index is 11.1. The third-order valence-corrected chi connectivity index (χ3v) is 9.10. The maximum Gasteiger partial charge on any atom is 0.346 e. The van der Waals surface area contributed by atoms with E-state index in [9.17, 15) is 4.79 Å². The summed E-state index contributed by atoms with van der Waals surface area (Å²) in [6, 6.07) is 34.8. The van der Waals surface area contributed by atoms with Gasteiger partial charge >= 0.3 is 5.97 Å². The Hall–Kier alpha value is -4.35. The second-order valence-electron chi connectivity index (χ2n) is 8.59. The number of carbonyl (C=O) groups is 1. The van der Waals surface area contributed by atoms with Crippen molar-refractivity contribution in [3.63, 3.8) is 0 Å². The lowest BCUT2D eigenvalue weighted by atomic mass is 10.1. The highest BCUT2D eigenvalue weighted by Gasteiger charge is 2.12. The lowest BCUT2D eigenvalue weighted by Gasteiger charge is -2.16. The second kappa shape index (κ2) is 9.84. The number of hydrogen-bond donors (Lipinski definition) is 1. The lowest BCUT2D eigenvalue weighted by Crippen LogP contribution is -2.00. The number of aromatic nitrogens is 1. The average Bonchev–Trinajstić information content (AvgIpc) is 3.62. The smallest absolute Gasteiger partial charge is 0.346 e. The molecule has 0 aliphatic carbocycles. The Kier molecular flexibility index (Phi) is 6.22. The first kappa shape index (κ1) is 24.0. The predicted molar refractivity (Wildman–Crippen MR) is 159 cm³/mol. The van der Waals surface area contributed by atoms with Gasteiger partial charge in [0.2, 0.25) is 0 Å². The molecule has 0 unspecified atom stereocenters. The average molecular weight is 547 g/mol. The molecule has 3 aromatic carbocycles. The minimum Gasteiger partial charge on any atom is -0.477 e. The highest BCUT2D eigenvalue weighted by molar-refractivity contribution is 7.72. The number of pyridine rings is 1. The van der Waals surface area contributed by atoms with Gasteiger partial charge in [-0.05, 0) is 60.2 Å².